The molecular formula is C13H19ClO2. The number of methoxy groups -OCH3 is 1. The zero-order chi connectivity index (χ0) is 12.5. The third kappa shape index (κ3) is 2.33. The van der Waals surface area contributed by atoms with Gasteiger partial charge >= 0.3 is 0 Å². The van der Waals surface area contributed by atoms with E-state index >= 15 is 0 Å². The van der Waals surface area contributed by atoms with Gasteiger partial charge in [0.25, 0.3) is 0 Å². The molecule has 2 nitrogen and oxygen atoms in total. The Balaban J connectivity index is 3.55. The number of hydrogen-bond acceptors (Lipinski definition) is 2. The highest BCUT2D eigenvalue weighted by Crippen LogP contribution is 2.39. The highest BCUT2D eigenvalue weighted by atomic mass is 35.5. The van der Waals surface area contributed by atoms with Crippen molar-refractivity contribution in [2.24, 2.45) is 0 Å². The van der Waals surface area contributed by atoms with Gasteiger partial charge in [0.2, 0.25) is 0 Å². The van der Waals surface area contributed by atoms with Gasteiger partial charge in [-0.25, -0.2) is 0 Å². The van der Waals surface area contributed by atoms with Crippen LogP contribution in [-0.4, -0.2) is 12.2 Å². The highest BCUT2D eigenvalue weighted by molar-refractivity contribution is 6.31. The smallest absolute Gasteiger partial charge is 0.128 e. The molecule has 0 heterocycles. The average molecular weight is 243 g/mol. The Morgan fingerprint density at radius 1 is 1.31 bits per heavy atom. The summed E-state index contributed by atoms with van der Waals surface area (Å²) in [5.41, 5.74) is 2.71. The molecule has 0 saturated carbocycles. The van der Waals surface area contributed by atoms with Gasteiger partial charge in [0.1, 0.15) is 5.75 Å². The van der Waals surface area contributed by atoms with Crippen LogP contribution in [0.3, 0.4) is 0 Å². The second kappa shape index (κ2) is 5.07. The zero-order valence-electron chi connectivity index (χ0n) is 10.5. The third-order valence-corrected chi connectivity index (χ3v) is 3.19. The molecule has 1 atom stereocenters. The second-order valence-electron chi connectivity index (χ2n) is 4.35. The lowest BCUT2D eigenvalue weighted by molar-refractivity contribution is 0.193. The minimum absolute atomic E-state index is 0.311. The van der Waals surface area contributed by atoms with E-state index in [4.69, 9.17) is 16.3 Å². The van der Waals surface area contributed by atoms with Crippen LogP contribution in [0.4, 0.5) is 0 Å². The molecule has 1 unspecified atom stereocenters. The first kappa shape index (κ1) is 13.3. The Morgan fingerprint density at radius 2 is 1.88 bits per heavy atom. The number of hydrogen-bond donors (Lipinski definition) is 1. The summed E-state index contributed by atoms with van der Waals surface area (Å²) < 4.78 is 5.42. The van der Waals surface area contributed by atoms with E-state index in [1.807, 2.05) is 13.0 Å². The van der Waals surface area contributed by atoms with Crippen molar-refractivity contribution < 1.29 is 9.84 Å². The van der Waals surface area contributed by atoms with Gasteiger partial charge in [0, 0.05) is 10.6 Å². The van der Waals surface area contributed by atoms with Crippen LogP contribution in [0.25, 0.3) is 0 Å². The molecule has 0 aliphatic rings. The van der Waals surface area contributed by atoms with E-state index in [2.05, 4.69) is 13.8 Å². The summed E-state index contributed by atoms with van der Waals surface area (Å²) in [6, 6.07) is 1.92. The fourth-order valence-corrected chi connectivity index (χ4v) is 2.14. The molecule has 90 valence electrons. The van der Waals surface area contributed by atoms with E-state index in [0.717, 1.165) is 22.4 Å². The van der Waals surface area contributed by atoms with Crippen LogP contribution in [0.2, 0.25) is 5.02 Å². The monoisotopic (exact) mass is 242 g/mol. The Morgan fingerprint density at radius 3 is 2.25 bits per heavy atom. The van der Waals surface area contributed by atoms with Crippen molar-refractivity contribution in [2.45, 2.75) is 39.7 Å². The van der Waals surface area contributed by atoms with Gasteiger partial charge in [-0.1, -0.05) is 25.4 Å². The van der Waals surface area contributed by atoms with Gasteiger partial charge in [-0.15, -0.1) is 0 Å². The summed E-state index contributed by atoms with van der Waals surface area (Å²) in [5, 5.41) is 10.5. The van der Waals surface area contributed by atoms with Crippen LogP contribution in [0.1, 0.15) is 49.5 Å². The van der Waals surface area contributed by atoms with Crippen molar-refractivity contribution in [3.63, 3.8) is 0 Å². The van der Waals surface area contributed by atoms with Crippen LogP contribution < -0.4 is 4.74 Å². The Labute approximate surface area is 102 Å². The van der Waals surface area contributed by atoms with Crippen LogP contribution >= 0.6 is 11.6 Å². The summed E-state index contributed by atoms with van der Waals surface area (Å²) in [7, 11) is 1.63. The van der Waals surface area contributed by atoms with Gasteiger partial charge in [-0.2, -0.15) is 0 Å². The number of ether oxygens (including phenoxy) is 1. The third-order valence-electron chi connectivity index (χ3n) is 2.80. The summed E-state index contributed by atoms with van der Waals surface area (Å²) >= 11 is 6.17. The van der Waals surface area contributed by atoms with E-state index in [9.17, 15) is 5.11 Å². The van der Waals surface area contributed by atoms with Crippen molar-refractivity contribution in [1.82, 2.24) is 0 Å². The van der Waals surface area contributed by atoms with Crippen molar-refractivity contribution in [3.05, 3.63) is 27.8 Å². The maximum atomic E-state index is 9.81. The molecule has 0 fully saturated rings. The van der Waals surface area contributed by atoms with Gasteiger partial charge in [-0.05, 0) is 37.0 Å². The lowest BCUT2D eigenvalue weighted by atomic mass is 9.93. The predicted octanol–water partition coefficient (Wildman–Crippen LogP) is 3.83. The van der Waals surface area contributed by atoms with E-state index < -0.39 is 6.10 Å². The standard InChI is InChI=1S/C13H19ClO2/c1-7(2)10-6-11(14)8(3)12(9(4)15)13(10)16-5/h6-7,9,15H,1-5H3. The van der Waals surface area contributed by atoms with Crippen LogP contribution in [0.15, 0.2) is 6.07 Å². The first-order chi connectivity index (χ1) is 7.40. The first-order valence-corrected chi connectivity index (χ1v) is 5.82. The molecule has 0 aliphatic carbocycles. The molecular weight excluding hydrogens is 224 g/mol. The van der Waals surface area contributed by atoms with Gasteiger partial charge in [0.05, 0.1) is 13.2 Å². The topological polar surface area (TPSA) is 29.5 Å². The maximum Gasteiger partial charge on any atom is 0.128 e. The van der Waals surface area contributed by atoms with Crippen molar-refractivity contribution in [1.29, 1.82) is 0 Å². The molecule has 3 heteroatoms. The molecule has 1 aromatic carbocycles. The lowest BCUT2D eigenvalue weighted by Crippen LogP contribution is -2.05. The van der Waals surface area contributed by atoms with Crippen molar-refractivity contribution >= 4 is 11.6 Å². The minimum atomic E-state index is -0.578. The van der Waals surface area contributed by atoms with Crippen molar-refractivity contribution in [2.75, 3.05) is 7.11 Å². The normalized spacial score (nSPS) is 13.0. The summed E-state index contributed by atoms with van der Waals surface area (Å²) in [4.78, 5) is 0. The zero-order valence-corrected chi connectivity index (χ0v) is 11.2. The maximum absolute atomic E-state index is 9.81. The van der Waals surface area contributed by atoms with E-state index in [1.54, 1.807) is 14.0 Å². The summed E-state index contributed by atoms with van der Waals surface area (Å²) in [6.45, 7) is 7.78. The van der Waals surface area contributed by atoms with E-state index in [-0.39, 0.29) is 0 Å². The SMILES string of the molecule is COc1c(C(C)C)cc(Cl)c(C)c1C(C)O. The van der Waals surface area contributed by atoms with E-state index in [0.29, 0.717) is 10.9 Å². The first-order valence-electron chi connectivity index (χ1n) is 5.45. The Hall–Kier alpha value is -0.730. The molecule has 0 aliphatic heterocycles. The van der Waals surface area contributed by atoms with Gasteiger partial charge < -0.3 is 9.84 Å². The predicted molar refractivity (Wildman–Crippen MR) is 67.5 cm³/mol. The molecule has 0 saturated heterocycles. The van der Waals surface area contributed by atoms with Crippen molar-refractivity contribution in [3.8, 4) is 5.75 Å². The van der Waals surface area contributed by atoms with Crippen LogP contribution in [0.5, 0.6) is 5.75 Å². The van der Waals surface area contributed by atoms with Crippen LogP contribution in [0, 0.1) is 6.92 Å². The largest absolute Gasteiger partial charge is 0.496 e. The summed E-state index contributed by atoms with van der Waals surface area (Å²) in [5.74, 6) is 1.07. The number of aliphatic hydroxyl groups excluding tert-OH is 1. The molecule has 0 spiro atoms. The highest BCUT2D eigenvalue weighted by Gasteiger charge is 2.20. The average Bonchev–Trinajstić information content (AvgIpc) is 2.20. The molecule has 16 heavy (non-hydrogen) atoms. The number of aliphatic hydroxyl groups is 1. The lowest BCUT2D eigenvalue weighted by Gasteiger charge is -2.21. The Kier molecular flexibility index (Phi) is 4.22. The quantitative estimate of drug-likeness (QED) is 0.873. The van der Waals surface area contributed by atoms with Gasteiger partial charge in [0.15, 0.2) is 0 Å². The second-order valence-corrected chi connectivity index (χ2v) is 4.76. The molecule has 1 aromatic rings. The molecule has 1 rings (SSSR count). The summed E-state index contributed by atoms with van der Waals surface area (Å²) in [6.07, 6.45) is -0.578. The number of rotatable bonds is 3. The van der Waals surface area contributed by atoms with Crippen LogP contribution in [-0.2, 0) is 0 Å². The molecule has 0 radical (unpaired) electrons. The molecule has 0 aromatic heterocycles. The molecule has 1 N–H and O–H groups in total. The fourth-order valence-electron chi connectivity index (χ4n) is 1.92. The fraction of sp³-hybridized carbons (Fsp3) is 0.538. The number of halogens is 1. The molecule has 0 amide bonds. The molecule has 0 bridgehead atoms. The van der Waals surface area contributed by atoms with Gasteiger partial charge in [-0.3, -0.25) is 0 Å². The Bertz CT molecular complexity index is 384. The minimum Gasteiger partial charge on any atom is -0.496 e. The number of benzene rings is 1. The van der Waals surface area contributed by atoms with E-state index in [1.165, 1.54) is 0 Å².